The number of aliphatic carboxylic acids is 2. The first-order chi connectivity index (χ1) is 23.2. The van der Waals surface area contributed by atoms with E-state index in [0.29, 0.717) is 49.9 Å². The summed E-state index contributed by atoms with van der Waals surface area (Å²) in [6.07, 6.45) is 1.41. The molecular formula is C34H36FN5O7S. The van der Waals surface area contributed by atoms with Gasteiger partial charge in [-0.15, -0.1) is 11.8 Å². The van der Waals surface area contributed by atoms with Crippen LogP contribution in [0, 0.1) is 11.7 Å². The van der Waals surface area contributed by atoms with Crippen LogP contribution in [0.2, 0.25) is 0 Å². The highest BCUT2D eigenvalue weighted by Gasteiger charge is 2.64. The number of carboxylic acid groups (broad SMARTS) is 2. The van der Waals surface area contributed by atoms with Crippen molar-refractivity contribution in [2.45, 2.75) is 49.1 Å². The normalized spacial score (nSPS) is 28.1. The number of ketones is 1. The number of ether oxygens (including phenoxy) is 1. The van der Waals surface area contributed by atoms with E-state index < -0.39 is 29.5 Å². The number of nitrogens with one attached hydrogen (secondary N) is 1. The molecule has 2 aromatic carbocycles. The Labute approximate surface area is 280 Å². The lowest BCUT2D eigenvalue weighted by molar-refractivity contribution is -0.140. The van der Waals surface area contributed by atoms with Gasteiger partial charge in [0.25, 0.3) is 0 Å². The quantitative estimate of drug-likeness (QED) is 0.264. The van der Waals surface area contributed by atoms with Gasteiger partial charge in [0.2, 0.25) is 5.91 Å². The van der Waals surface area contributed by atoms with Gasteiger partial charge < -0.3 is 35.0 Å². The highest BCUT2D eigenvalue weighted by molar-refractivity contribution is 8.00. The number of hydrogen-bond acceptors (Lipinski definition) is 10. The first-order valence-corrected chi connectivity index (χ1v) is 17.4. The van der Waals surface area contributed by atoms with Gasteiger partial charge in [0.15, 0.2) is 12.0 Å². The summed E-state index contributed by atoms with van der Waals surface area (Å²) >= 11 is 1.62. The molecule has 5 atom stereocenters. The number of nitrogens with zero attached hydrogens (tertiary/aromatic N) is 4. The maximum absolute atomic E-state index is 15.5. The number of thioether (sulfide) groups is 1. The maximum atomic E-state index is 15.5. The molecule has 0 spiro atoms. The molecule has 5 heterocycles. The number of rotatable bonds is 9. The highest BCUT2D eigenvalue weighted by Crippen LogP contribution is 2.50. The summed E-state index contributed by atoms with van der Waals surface area (Å²) in [4.78, 5) is 58.1. The first-order valence-electron chi connectivity index (χ1n) is 16.4. The SMILES string of the molecule is O=C(Cc1ccccc1)N[C@@H]1C2OC2N2C(C(=O)O)=C(CN3CCN(c4cc5c(cc4F)C(=O)C(C(=O)O)CN5C4CC4)CC3)CS[C@H]12. The minimum absolute atomic E-state index is 0.0923. The van der Waals surface area contributed by atoms with Crippen LogP contribution < -0.4 is 15.1 Å². The molecule has 5 aliphatic heterocycles. The Morgan fingerprint density at radius 2 is 1.77 bits per heavy atom. The molecule has 12 nitrogen and oxygen atoms in total. The molecule has 3 unspecified atom stereocenters. The van der Waals surface area contributed by atoms with Crippen LogP contribution in [0.4, 0.5) is 15.8 Å². The molecule has 252 valence electrons. The van der Waals surface area contributed by atoms with Gasteiger partial charge in [0.05, 0.1) is 23.8 Å². The van der Waals surface area contributed by atoms with E-state index in [0.717, 1.165) is 24.0 Å². The molecule has 1 aliphatic carbocycles. The third kappa shape index (κ3) is 5.59. The second-order valence-corrected chi connectivity index (χ2v) is 14.4. The van der Waals surface area contributed by atoms with E-state index in [1.165, 1.54) is 6.07 Å². The Kier molecular flexibility index (Phi) is 7.84. The van der Waals surface area contributed by atoms with Crippen molar-refractivity contribution in [2.24, 2.45) is 5.92 Å². The number of piperazine rings is 1. The Hall–Kier alpha value is -4.14. The lowest BCUT2D eigenvalue weighted by atomic mass is 9.90. The Bertz CT molecular complexity index is 1710. The van der Waals surface area contributed by atoms with E-state index in [1.54, 1.807) is 17.8 Å². The van der Waals surface area contributed by atoms with Crippen molar-refractivity contribution in [3.63, 3.8) is 0 Å². The number of halogens is 1. The second kappa shape index (κ2) is 12.1. The van der Waals surface area contributed by atoms with Crippen molar-refractivity contribution in [1.82, 2.24) is 15.1 Å². The van der Waals surface area contributed by atoms with Crippen LogP contribution in [-0.4, -0.2) is 118 Å². The molecule has 3 saturated heterocycles. The zero-order valence-electron chi connectivity index (χ0n) is 26.1. The van der Waals surface area contributed by atoms with Crippen LogP contribution in [0.15, 0.2) is 53.7 Å². The average Bonchev–Trinajstić information content (AvgIpc) is 4.00. The molecular weight excluding hydrogens is 641 g/mol. The summed E-state index contributed by atoms with van der Waals surface area (Å²) < 4.78 is 21.4. The monoisotopic (exact) mass is 677 g/mol. The van der Waals surface area contributed by atoms with Crippen LogP contribution >= 0.6 is 11.8 Å². The number of Topliss-reactive ketones (excluding diaryl/α,β-unsaturated/α-hetero) is 1. The Morgan fingerprint density at radius 1 is 1.02 bits per heavy atom. The van der Waals surface area contributed by atoms with Crippen molar-refractivity contribution >= 4 is 46.8 Å². The average molecular weight is 678 g/mol. The van der Waals surface area contributed by atoms with E-state index in [4.69, 9.17) is 4.74 Å². The lowest BCUT2D eigenvalue weighted by Gasteiger charge is -2.41. The van der Waals surface area contributed by atoms with Crippen LogP contribution in [0.1, 0.15) is 28.8 Å². The minimum atomic E-state index is -1.20. The molecule has 8 rings (SSSR count). The molecule has 0 bridgehead atoms. The summed E-state index contributed by atoms with van der Waals surface area (Å²) in [7, 11) is 0. The van der Waals surface area contributed by atoms with E-state index in [-0.39, 0.29) is 59.9 Å². The third-order valence-corrected chi connectivity index (χ3v) is 11.6. The summed E-state index contributed by atoms with van der Waals surface area (Å²) in [5, 5.41) is 22.8. The molecule has 6 aliphatic rings. The van der Waals surface area contributed by atoms with Gasteiger partial charge in [-0.2, -0.15) is 0 Å². The molecule has 3 N–H and O–H groups in total. The lowest BCUT2D eigenvalue weighted by Crippen LogP contribution is -2.51. The van der Waals surface area contributed by atoms with Gasteiger partial charge in [0, 0.05) is 56.6 Å². The number of fused-ring (bicyclic) bond motifs is 4. The number of carbonyl (C=O) groups is 4. The van der Waals surface area contributed by atoms with Gasteiger partial charge in [-0.05, 0) is 36.1 Å². The van der Waals surface area contributed by atoms with Crippen LogP contribution in [0.25, 0.3) is 0 Å². The van der Waals surface area contributed by atoms with E-state index >= 15 is 4.39 Å². The van der Waals surface area contributed by atoms with Crippen molar-refractivity contribution in [1.29, 1.82) is 0 Å². The van der Waals surface area contributed by atoms with Gasteiger partial charge in [-0.1, -0.05) is 30.3 Å². The number of anilines is 2. The smallest absolute Gasteiger partial charge is 0.352 e. The third-order valence-electron chi connectivity index (χ3n) is 10.2. The topological polar surface area (TPSA) is 146 Å². The van der Waals surface area contributed by atoms with Crippen LogP contribution in [0.3, 0.4) is 0 Å². The molecule has 0 aromatic heterocycles. The predicted molar refractivity (Wildman–Crippen MR) is 174 cm³/mol. The molecule has 1 amide bonds. The second-order valence-electron chi connectivity index (χ2n) is 13.3. The number of amides is 1. The summed E-state index contributed by atoms with van der Waals surface area (Å²) in [6, 6.07) is 12.2. The fraction of sp³-hybridized carbons (Fsp3) is 0.471. The molecule has 4 fully saturated rings. The fourth-order valence-electron chi connectivity index (χ4n) is 7.64. The van der Waals surface area contributed by atoms with Gasteiger partial charge in [-0.25, -0.2) is 9.18 Å². The van der Waals surface area contributed by atoms with Crippen LogP contribution in [0.5, 0.6) is 0 Å². The van der Waals surface area contributed by atoms with E-state index in [9.17, 15) is 29.4 Å². The Morgan fingerprint density at radius 3 is 2.46 bits per heavy atom. The molecule has 1 saturated carbocycles. The summed E-state index contributed by atoms with van der Waals surface area (Å²) in [5.41, 5.74) is 3.04. The first kappa shape index (κ1) is 31.1. The van der Waals surface area contributed by atoms with Crippen molar-refractivity contribution in [3.8, 4) is 0 Å². The number of hydrogen-bond donors (Lipinski definition) is 3. The predicted octanol–water partition coefficient (Wildman–Crippen LogP) is 1.99. The minimum Gasteiger partial charge on any atom is -0.481 e. The van der Waals surface area contributed by atoms with Crippen molar-refractivity contribution in [3.05, 3.63) is 70.7 Å². The number of benzene rings is 2. The Balaban J connectivity index is 0.942. The molecule has 0 radical (unpaired) electrons. The van der Waals surface area contributed by atoms with Gasteiger partial charge in [0.1, 0.15) is 28.9 Å². The van der Waals surface area contributed by atoms with Crippen molar-refractivity contribution < 1.29 is 38.5 Å². The van der Waals surface area contributed by atoms with E-state index in [1.807, 2.05) is 45.0 Å². The molecule has 14 heteroatoms. The summed E-state index contributed by atoms with van der Waals surface area (Å²) in [5.74, 6) is -4.13. The van der Waals surface area contributed by atoms with E-state index in [2.05, 4.69) is 10.2 Å². The zero-order chi connectivity index (χ0) is 33.3. The standard InChI is InChI=1S/C34H36FN5O7S/c35-23-13-21-24(39(20-6-7-20)16-22(29(21)42)33(43)44)14-25(23)38-10-8-37(9-11-38)15-19-17-48-32-27(30-31(47-30)40(32)28(19)34(45)46)36-26(41)12-18-4-2-1-3-5-18/h1-5,13-14,20,22,27,30-32H,6-12,15-17H2,(H,36,41)(H,43,44)(H,45,46)/t22?,27-,30?,31?,32-/m1/s1. The van der Waals surface area contributed by atoms with Gasteiger partial charge >= 0.3 is 11.9 Å². The molecule has 48 heavy (non-hydrogen) atoms. The number of carbonyl (C=O) groups excluding carboxylic acids is 2. The fourth-order valence-corrected chi connectivity index (χ4v) is 9.06. The number of epoxide rings is 1. The molecule has 2 aromatic rings. The van der Waals surface area contributed by atoms with Gasteiger partial charge in [-0.3, -0.25) is 19.3 Å². The van der Waals surface area contributed by atoms with Crippen molar-refractivity contribution in [2.75, 3.05) is 54.8 Å². The largest absolute Gasteiger partial charge is 0.481 e. The number of carboxylic acids is 2. The highest BCUT2D eigenvalue weighted by atomic mass is 32.2. The summed E-state index contributed by atoms with van der Waals surface area (Å²) in [6.45, 7) is 2.70. The van der Waals surface area contributed by atoms with Crippen LogP contribution in [-0.2, 0) is 25.5 Å². The zero-order valence-corrected chi connectivity index (χ0v) is 26.9. The maximum Gasteiger partial charge on any atom is 0.352 e.